The Balaban J connectivity index is 5.15. The van der Waals surface area contributed by atoms with E-state index in [1.807, 2.05) is 0 Å². The Kier molecular flexibility index (Phi) is 8.85. The Morgan fingerprint density at radius 3 is 1.61 bits per heavy atom. The van der Waals surface area contributed by atoms with E-state index in [0.717, 1.165) is 51.6 Å². The van der Waals surface area contributed by atoms with Gasteiger partial charge in [0.05, 0.1) is 0 Å². The van der Waals surface area contributed by atoms with E-state index in [4.69, 9.17) is 0 Å². The number of nitrogens with zero attached hydrogens (tertiary/aromatic N) is 2. The van der Waals surface area contributed by atoms with E-state index in [0.29, 0.717) is 6.42 Å². The molecule has 0 aromatic heterocycles. The number of carbonyl (C=O) groups is 2. The highest BCUT2D eigenvalue weighted by Crippen LogP contribution is 2.24. The lowest BCUT2D eigenvalue weighted by Gasteiger charge is -2.46. The smallest absolute Gasteiger partial charge is 0.155 e. The van der Waals surface area contributed by atoms with Gasteiger partial charge < -0.3 is 4.79 Å². The molecule has 4 heteroatoms. The third kappa shape index (κ3) is 3.89. The van der Waals surface area contributed by atoms with Gasteiger partial charge in [-0.3, -0.25) is 14.6 Å². The first-order valence-electron chi connectivity index (χ1n) is 7.06. The van der Waals surface area contributed by atoms with Gasteiger partial charge >= 0.3 is 0 Å². The minimum atomic E-state index is -0.546. The summed E-state index contributed by atoms with van der Waals surface area (Å²) in [6, 6.07) is 0. The molecule has 0 aromatic carbocycles. The van der Waals surface area contributed by atoms with Crippen LogP contribution in [0.2, 0.25) is 0 Å². The van der Waals surface area contributed by atoms with Gasteiger partial charge in [-0.2, -0.15) is 0 Å². The Morgan fingerprint density at radius 1 is 0.889 bits per heavy atom. The van der Waals surface area contributed by atoms with Gasteiger partial charge in [-0.1, -0.05) is 27.7 Å². The molecule has 0 spiro atoms. The number of hydrogen-bond donors (Lipinski definition) is 0. The van der Waals surface area contributed by atoms with E-state index in [1.54, 1.807) is 0 Å². The zero-order valence-corrected chi connectivity index (χ0v) is 12.3. The van der Waals surface area contributed by atoms with Crippen LogP contribution >= 0.6 is 0 Å². The molecule has 0 fully saturated rings. The van der Waals surface area contributed by atoms with Crippen LogP contribution in [-0.2, 0) is 9.59 Å². The van der Waals surface area contributed by atoms with E-state index in [-0.39, 0.29) is 0 Å². The lowest BCUT2D eigenvalue weighted by molar-refractivity contribution is -0.134. The van der Waals surface area contributed by atoms with E-state index < -0.39 is 5.66 Å². The van der Waals surface area contributed by atoms with Crippen molar-refractivity contribution in [1.82, 2.24) is 9.80 Å². The highest BCUT2D eigenvalue weighted by Gasteiger charge is 2.39. The van der Waals surface area contributed by atoms with E-state index in [9.17, 15) is 9.59 Å². The summed E-state index contributed by atoms with van der Waals surface area (Å²) in [5.41, 5.74) is -0.546. The SMILES string of the molecule is CCN(CC)C(C=O)(CCCC=O)N(CC)CC. The van der Waals surface area contributed by atoms with Gasteiger partial charge in [-0.15, -0.1) is 0 Å². The number of hydrogen-bond acceptors (Lipinski definition) is 4. The molecular weight excluding hydrogens is 228 g/mol. The van der Waals surface area contributed by atoms with Crippen molar-refractivity contribution in [1.29, 1.82) is 0 Å². The first-order chi connectivity index (χ1) is 8.66. The summed E-state index contributed by atoms with van der Waals surface area (Å²) in [7, 11) is 0. The molecule has 0 aliphatic heterocycles. The number of aldehydes is 2. The molecule has 0 heterocycles. The molecule has 106 valence electrons. The molecule has 0 radical (unpaired) electrons. The van der Waals surface area contributed by atoms with E-state index in [2.05, 4.69) is 37.5 Å². The molecule has 18 heavy (non-hydrogen) atoms. The Morgan fingerprint density at radius 2 is 1.33 bits per heavy atom. The number of likely N-dealkylation sites (N-methyl/N-ethyl adjacent to an activating group) is 2. The lowest BCUT2D eigenvalue weighted by atomic mass is 9.99. The zero-order valence-electron chi connectivity index (χ0n) is 12.3. The zero-order chi connectivity index (χ0) is 14.0. The molecule has 0 amide bonds. The van der Waals surface area contributed by atoms with Crippen molar-refractivity contribution in [3.8, 4) is 0 Å². The second-order valence-electron chi connectivity index (χ2n) is 4.40. The molecule has 0 N–H and O–H groups in total. The molecule has 0 aromatic rings. The second kappa shape index (κ2) is 9.22. The Labute approximate surface area is 111 Å². The summed E-state index contributed by atoms with van der Waals surface area (Å²) in [6.45, 7) is 11.7. The predicted octanol–water partition coefficient (Wildman–Crippen LogP) is 1.93. The average Bonchev–Trinajstić information content (AvgIpc) is 2.40. The highest BCUT2D eigenvalue weighted by molar-refractivity contribution is 5.63. The van der Waals surface area contributed by atoms with Crippen LogP contribution in [0.15, 0.2) is 0 Å². The van der Waals surface area contributed by atoms with Gasteiger partial charge in [-0.05, 0) is 39.0 Å². The maximum Gasteiger partial charge on any atom is 0.155 e. The predicted molar refractivity (Wildman–Crippen MR) is 74.6 cm³/mol. The summed E-state index contributed by atoms with van der Waals surface area (Å²) in [5, 5.41) is 0. The molecule has 4 nitrogen and oxygen atoms in total. The first-order valence-corrected chi connectivity index (χ1v) is 7.06. The molecule has 0 bridgehead atoms. The van der Waals surface area contributed by atoms with Crippen LogP contribution in [0.1, 0.15) is 47.0 Å². The molecule has 0 atom stereocenters. The third-order valence-electron chi connectivity index (χ3n) is 3.68. The van der Waals surface area contributed by atoms with Gasteiger partial charge in [0.15, 0.2) is 6.29 Å². The normalized spacial score (nSPS) is 12.1. The maximum atomic E-state index is 11.8. The van der Waals surface area contributed by atoms with Crippen LogP contribution in [0, 0.1) is 0 Å². The topological polar surface area (TPSA) is 40.6 Å². The summed E-state index contributed by atoms with van der Waals surface area (Å²) < 4.78 is 0. The highest BCUT2D eigenvalue weighted by atomic mass is 16.1. The lowest BCUT2D eigenvalue weighted by Crippen LogP contribution is -2.61. The van der Waals surface area contributed by atoms with Crippen LogP contribution in [0.4, 0.5) is 0 Å². The van der Waals surface area contributed by atoms with Crippen molar-refractivity contribution < 1.29 is 9.59 Å². The largest absolute Gasteiger partial charge is 0.303 e. The Bertz CT molecular complexity index is 224. The van der Waals surface area contributed by atoms with Crippen molar-refractivity contribution in [2.45, 2.75) is 52.6 Å². The second-order valence-corrected chi connectivity index (χ2v) is 4.40. The van der Waals surface area contributed by atoms with Crippen molar-refractivity contribution >= 4 is 12.6 Å². The third-order valence-corrected chi connectivity index (χ3v) is 3.68. The van der Waals surface area contributed by atoms with Crippen molar-refractivity contribution in [2.24, 2.45) is 0 Å². The van der Waals surface area contributed by atoms with Crippen molar-refractivity contribution in [3.05, 3.63) is 0 Å². The van der Waals surface area contributed by atoms with Gasteiger partial charge in [0.2, 0.25) is 0 Å². The standard InChI is InChI=1S/C14H28N2O2/c1-5-15(6-2)14(13-18,11-9-10-12-17)16(7-3)8-4/h12-13H,5-11H2,1-4H3. The minimum Gasteiger partial charge on any atom is -0.303 e. The first kappa shape index (κ1) is 17.3. The molecule has 0 unspecified atom stereocenters. The van der Waals surface area contributed by atoms with Crippen LogP contribution in [-0.4, -0.2) is 54.2 Å². The van der Waals surface area contributed by atoms with Crippen molar-refractivity contribution in [2.75, 3.05) is 26.2 Å². The maximum absolute atomic E-state index is 11.8. The molecule has 0 saturated heterocycles. The number of rotatable bonds is 11. The van der Waals surface area contributed by atoms with Gasteiger partial charge in [0.25, 0.3) is 0 Å². The fourth-order valence-electron chi connectivity index (χ4n) is 2.71. The summed E-state index contributed by atoms with van der Waals surface area (Å²) in [5.74, 6) is 0. The van der Waals surface area contributed by atoms with Gasteiger partial charge in [0.1, 0.15) is 11.9 Å². The fourth-order valence-corrected chi connectivity index (χ4v) is 2.71. The summed E-state index contributed by atoms with van der Waals surface area (Å²) in [6.07, 6.45) is 4.00. The average molecular weight is 256 g/mol. The van der Waals surface area contributed by atoms with Crippen LogP contribution in [0.5, 0.6) is 0 Å². The van der Waals surface area contributed by atoms with E-state index in [1.165, 1.54) is 0 Å². The fraction of sp³-hybridized carbons (Fsp3) is 0.857. The minimum absolute atomic E-state index is 0.526. The molecule has 0 saturated carbocycles. The summed E-state index contributed by atoms with van der Waals surface area (Å²) in [4.78, 5) is 26.6. The molecule has 0 rings (SSSR count). The summed E-state index contributed by atoms with van der Waals surface area (Å²) >= 11 is 0. The molecule has 0 aliphatic rings. The van der Waals surface area contributed by atoms with Gasteiger partial charge in [0, 0.05) is 6.42 Å². The Hall–Kier alpha value is -0.740. The molecular formula is C14H28N2O2. The number of carbonyl (C=O) groups excluding carboxylic acids is 2. The van der Waals surface area contributed by atoms with Crippen LogP contribution in [0.25, 0.3) is 0 Å². The van der Waals surface area contributed by atoms with Crippen LogP contribution in [0.3, 0.4) is 0 Å². The van der Waals surface area contributed by atoms with E-state index >= 15 is 0 Å². The van der Waals surface area contributed by atoms with Crippen molar-refractivity contribution in [3.63, 3.8) is 0 Å². The monoisotopic (exact) mass is 256 g/mol. The quantitative estimate of drug-likeness (QED) is 0.322. The molecule has 0 aliphatic carbocycles. The number of unbranched alkanes of at least 4 members (excludes halogenated alkanes) is 1. The van der Waals surface area contributed by atoms with Gasteiger partial charge in [-0.25, -0.2) is 0 Å². The van der Waals surface area contributed by atoms with Crippen LogP contribution < -0.4 is 0 Å².